The first-order valence-electron chi connectivity index (χ1n) is 11.1. The van der Waals surface area contributed by atoms with E-state index < -0.39 is 0 Å². The van der Waals surface area contributed by atoms with Crippen molar-refractivity contribution < 1.29 is 0 Å². The molecule has 3 unspecified atom stereocenters. The van der Waals surface area contributed by atoms with Gasteiger partial charge in [-0.15, -0.1) is 11.3 Å². The van der Waals surface area contributed by atoms with Crippen LogP contribution in [0.1, 0.15) is 43.6 Å². The van der Waals surface area contributed by atoms with Gasteiger partial charge in [0.25, 0.3) is 0 Å². The van der Waals surface area contributed by atoms with Crippen molar-refractivity contribution in [1.82, 2.24) is 10.3 Å². The van der Waals surface area contributed by atoms with Crippen molar-refractivity contribution in [1.29, 1.82) is 0 Å². The van der Waals surface area contributed by atoms with Gasteiger partial charge in [-0.05, 0) is 50.5 Å². The summed E-state index contributed by atoms with van der Waals surface area (Å²) < 4.78 is 0. The summed E-state index contributed by atoms with van der Waals surface area (Å²) in [6.45, 7) is 12.5. The highest BCUT2D eigenvalue weighted by Gasteiger charge is 2.21. The summed E-state index contributed by atoms with van der Waals surface area (Å²) in [7, 11) is 0. The molecule has 3 N–H and O–H groups in total. The highest BCUT2D eigenvalue weighted by atomic mass is 32.1. The van der Waals surface area contributed by atoms with E-state index in [-0.39, 0.29) is 12.1 Å². The van der Waals surface area contributed by atoms with Gasteiger partial charge in [0.1, 0.15) is 0 Å². The van der Waals surface area contributed by atoms with Crippen LogP contribution in [0, 0.1) is 5.92 Å². The molecule has 1 heterocycles. The molecular weight excluding hydrogens is 398 g/mol. The number of nitrogens with two attached hydrogens (primary N) is 1. The number of nitrogens with one attached hydrogen (secondary N) is 1. The Labute approximate surface area is 192 Å². The molecule has 0 saturated carbocycles. The van der Waals surface area contributed by atoms with Crippen molar-refractivity contribution in [2.45, 2.75) is 58.0 Å². The summed E-state index contributed by atoms with van der Waals surface area (Å²) in [4.78, 5) is 5.46. The van der Waals surface area contributed by atoms with Crippen LogP contribution in [0.4, 0.5) is 0 Å². The molecule has 0 bridgehead atoms. The summed E-state index contributed by atoms with van der Waals surface area (Å²) in [5, 5.41) is 3.72. The smallest absolute Gasteiger partial charge is 0.0794 e. The topological polar surface area (TPSA) is 50.9 Å². The fraction of sp³-hybridized carbons (Fsp3) is 0.370. The maximum atomic E-state index is 6.54. The molecular formula is C27H37N3S. The molecule has 3 nitrogen and oxygen atoms in total. The number of benzene rings is 1. The van der Waals surface area contributed by atoms with Crippen LogP contribution in [0.5, 0.6) is 0 Å². The SMILES string of the molecule is C=C/C=C\C(=C/C)CC(NC(=C)CCc1cncs1)C(C)CC(N)Cc1ccccc1. The molecule has 2 aromatic rings. The predicted octanol–water partition coefficient (Wildman–Crippen LogP) is 6.22. The van der Waals surface area contributed by atoms with E-state index in [4.69, 9.17) is 5.73 Å². The molecule has 1 aromatic carbocycles. The maximum absolute atomic E-state index is 6.54. The van der Waals surface area contributed by atoms with E-state index in [0.717, 1.165) is 37.8 Å². The third kappa shape index (κ3) is 9.50. The number of thiazole rings is 1. The molecule has 4 heteroatoms. The Balaban J connectivity index is 2.00. The minimum Gasteiger partial charge on any atom is -0.385 e. The van der Waals surface area contributed by atoms with Crippen LogP contribution in [0.3, 0.4) is 0 Å². The van der Waals surface area contributed by atoms with Gasteiger partial charge in [-0.2, -0.15) is 0 Å². The average molecular weight is 436 g/mol. The first kappa shape index (κ1) is 24.8. The van der Waals surface area contributed by atoms with E-state index >= 15 is 0 Å². The highest BCUT2D eigenvalue weighted by Crippen LogP contribution is 2.22. The van der Waals surface area contributed by atoms with Crippen molar-refractivity contribution in [3.05, 3.63) is 101 Å². The van der Waals surface area contributed by atoms with E-state index in [0.29, 0.717) is 5.92 Å². The van der Waals surface area contributed by atoms with Crippen molar-refractivity contribution in [3.8, 4) is 0 Å². The van der Waals surface area contributed by atoms with E-state index in [1.807, 2.05) is 29.9 Å². The van der Waals surface area contributed by atoms with Gasteiger partial charge in [-0.25, -0.2) is 0 Å². The molecule has 2 rings (SSSR count). The zero-order valence-corrected chi connectivity index (χ0v) is 19.8. The predicted molar refractivity (Wildman–Crippen MR) is 136 cm³/mol. The number of hydrogen-bond acceptors (Lipinski definition) is 4. The number of hydrogen-bond donors (Lipinski definition) is 2. The summed E-state index contributed by atoms with van der Waals surface area (Å²) in [6, 6.07) is 10.9. The number of aryl methyl sites for hydroxylation is 1. The average Bonchev–Trinajstić information content (AvgIpc) is 3.28. The fourth-order valence-corrected chi connectivity index (χ4v) is 4.34. The van der Waals surface area contributed by atoms with Gasteiger partial charge < -0.3 is 11.1 Å². The standard InChI is InChI=1S/C27H37N3S/c1-5-7-11-23(6-2)18-27(30-22(4)14-15-26-19-29-20-31-26)21(3)16-25(28)17-24-12-9-8-10-13-24/h5-13,19-21,25,27,30H,1,4,14-18,28H2,2-3H3/b11-7-,23-6+. The normalized spacial score (nSPS) is 14.9. The Kier molecular flexibility index (Phi) is 11.0. The summed E-state index contributed by atoms with van der Waals surface area (Å²) in [5.41, 5.74) is 12.1. The van der Waals surface area contributed by atoms with Crippen molar-refractivity contribution in [3.63, 3.8) is 0 Å². The Morgan fingerprint density at radius 3 is 2.71 bits per heavy atom. The van der Waals surface area contributed by atoms with E-state index in [2.05, 4.69) is 73.7 Å². The molecule has 3 atom stereocenters. The molecule has 0 spiro atoms. The molecule has 1 aromatic heterocycles. The molecule has 0 aliphatic carbocycles. The monoisotopic (exact) mass is 435 g/mol. The molecule has 166 valence electrons. The molecule has 0 aliphatic heterocycles. The summed E-state index contributed by atoms with van der Waals surface area (Å²) in [5.74, 6) is 0.408. The van der Waals surface area contributed by atoms with E-state index in [1.165, 1.54) is 16.0 Å². The number of nitrogens with zero attached hydrogens (tertiary/aromatic N) is 1. The second kappa shape index (κ2) is 13.8. The van der Waals surface area contributed by atoms with Crippen LogP contribution in [0.25, 0.3) is 0 Å². The van der Waals surface area contributed by atoms with Gasteiger partial charge in [0, 0.05) is 28.9 Å². The zero-order valence-electron chi connectivity index (χ0n) is 19.0. The Bertz CT molecular complexity index is 837. The highest BCUT2D eigenvalue weighted by molar-refractivity contribution is 7.09. The summed E-state index contributed by atoms with van der Waals surface area (Å²) >= 11 is 1.70. The minimum atomic E-state index is 0.130. The second-order valence-corrected chi connectivity index (χ2v) is 9.12. The second-order valence-electron chi connectivity index (χ2n) is 8.15. The van der Waals surface area contributed by atoms with Crippen LogP contribution in [-0.2, 0) is 12.8 Å². The van der Waals surface area contributed by atoms with E-state index in [9.17, 15) is 0 Å². The number of rotatable bonds is 14. The van der Waals surface area contributed by atoms with Crippen LogP contribution < -0.4 is 11.1 Å². The minimum absolute atomic E-state index is 0.130. The third-order valence-corrected chi connectivity index (χ3v) is 6.36. The van der Waals surface area contributed by atoms with Gasteiger partial charge >= 0.3 is 0 Å². The van der Waals surface area contributed by atoms with Crippen molar-refractivity contribution >= 4 is 11.3 Å². The largest absolute Gasteiger partial charge is 0.385 e. The lowest BCUT2D eigenvalue weighted by atomic mass is 9.87. The van der Waals surface area contributed by atoms with Crippen LogP contribution in [0.2, 0.25) is 0 Å². The quantitative estimate of drug-likeness (QED) is 0.346. The molecule has 0 saturated heterocycles. The molecule has 0 amide bonds. The number of aromatic nitrogens is 1. The first-order chi connectivity index (χ1) is 15.0. The Morgan fingerprint density at radius 2 is 2.06 bits per heavy atom. The Hall–Kier alpha value is -2.43. The maximum Gasteiger partial charge on any atom is 0.0794 e. The molecule has 0 radical (unpaired) electrons. The van der Waals surface area contributed by atoms with Gasteiger partial charge in [0.2, 0.25) is 0 Å². The summed E-state index contributed by atoms with van der Waals surface area (Å²) in [6.07, 6.45) is 14.7. The van der Waals surface area contributed by atoms with Crippen molar-refractivity contribution in [2.75, 3.05) is 0 Å². The lowest BCUT2D eigenvalue weighted by molar-refractivity contribution is 0.348. The third-order valence-electron chi connectivity index (χ3n) is 5.52. The van der Waals surface area contributed by atoms with Gasteiger partial charge in [0.05, 0.1) is 5.51 Å². The van der Waals surface area contributed by atoms with Crippen LogP contribution in [-0.4, -0.2) is 17.1 Å². The first-order valence-corrected chi connectivity index (χ1v) is 11.9. The van der Waals surface area contributed by atoms with E-state index in [1.54, 1.807) is 11.3 Å². The van der Waals surface area contributed by atoms with Gasteiger partial charge in [-0.3, -0.25) is 4.98 Å². The molecule has 31 heavy (non-hydrogen) atoms. The number of allylic oxidation sites excluding steroid dienone is 5. The van der Waals surface area contributed by atoms with Crippen LogP contribution in [0.15, 0.2) is 90.8 Å². The zero-order chi connectivity index (χ0) is 22.5. The molecule has 0 aliphatic rings. The lowest BCUT2D eigenvalue weighted by Gasteiger charge is -2.29. The van der Waals surface area contributed by atoms with Gasteiger partial charge in [0.15, 0.2) is 0 Å². The Morgan fingerprint density at radius 1 is 1.29 bits per heavy atom. The van der Waals surface area contributed by atoms with Gasteiger partial charge in [-0.1, -0.05) is 80.3 Å². The lowest BCUT2D eigenvalue weighted by Crippen LogP contribution is -2.38. The van der Waals surface area contributed by atoms with Crippen LogP contribution >= 0.6 is 11.3 Å². The van der Waals surface area contributed by atoms with Crippen molar-refractivity contribution in [2.24, 2.45) is 11.7 Å². The molecule has 0 fully saturated rings. The fourth-order valence-electron chi connectivity index (χ4n) is 3.74.